The van der Waals surface area contributed by atoms with Gasteiger partial charge in [0.2, 0.25) is 0 Å². The topological polar surface area (TPSA) is 29.5 Å². The molecule has 0 unspecified atom stereocenters. The molecule has 84 valence electrons. The van der Waals surface area contributed by atoms with Crippen LogP contribution >= 0.6 is 0 Å². The van der Waals surface area contributed by atoms with Crippen molar-refractivity contribution in [2.45, 2.75) is 26.7 Å². The lowest BCUT2D eigenvalue weighted by Gasteiger charge is -2.35. The quantitative estimate of drug-likeness (QED) is 0.657. The van der Waals surface area contributed by atoms with Crippen molar-refractivity contribution >= 4 is 5.78 Å². The van der Waals surface area contributed by atoms with Gasteiger partial charge in [0.05, 0.1) is 18.9 Å². The van der Waals surface area contributed by atoms with Crippen LogP contribution in [-0.2, 0) is 9.53 Å². The molecule has 0 N–H and O–H groups in total. The number of Topliss-reactive ketones (excluding diaryl/α,β-unsaturated/α-hetero) is 1. The molecular weight excluding hydrogens is 190 g/mol. The first kappa shape index (κ1) is 10.7. The molecule has 1 heterocycles. The van der Waals surface area contributed by atoms with Crippen LogP contribution in [-0.4, -0.2) is 37.0 Å². The Bertz CT molecular complexity index is 288. The number of morpholine rings is 1. The molecule has 0 saturated carbocycles. The third kappa shape index (κ3) is 2.40. The first-order valence-corrected chi connectivity index (χ1v) is 5.67. The molecule has 1 aliphatic carbocycles. The van der Waals surface area contributed by atoms with Crippen LogP contribution in [0.1, 0.15) is 26.7 Å². The van der Waals surface area contributed by atoms with Crippen molar-refractivity contribution < 1.29 is 9.53 Å². The van der Waals surface area contributed by atoms with Gasteiger partial charge in [-0.2, -0.15) is 0 Å². The second-order valence-electron chi connectivity index (χ2n) is 5.04. The summed E-state index contributed by atoms with van der Waals surface area (Å²) in [6.45, 7) is 7.58. The summed E-state index contributed by atoms with van der Waals surface area (Å²) in [5.74, 6) is 0.302. The lowest BCUT2D eigenvalue weighted by molar-refractivity contribution is -0.118. The Morgan fingerprint density at radius 1 is 1.33 bits per heavy atom. The number of rotatable bonds is 1. The van der Waals surface area contributed by atoms with E-state index >= 15 is 0 Å². The van der Waals surface area contributed by atoms with Crippen molar-refractivity contribution in [3.05, 3.63) is 11.8 Å². The van der Waals surface area contributed by atoms with Gasteiger partial charge in [0, 0.05) is 19.5 Å². The fourth-order valence-electron chi connectivity index (χ4n) is 2.16. The lowest BCUT2D eigenvalue weighted by Crippen LogP contribution is -2.40. The van der Waals surface area contributed by atoms with Crippen molar-refractivity contribution in [2.75, 3.05) is 26.3 Å². The van der Waals surface area contributed by atoms with Crippen molar-refractivity contribution in [2.24, 2.45) is 5.41 Å². The molecule has 0 aromatic carbocycles. The van der Waals surface area contributed by atoms with Crippen LogP contribution < -0.4 is 0 Å². The number of ketones is 1. The molecule has 2 rings (SSSR count). The molecule has 15 heavy (non-hydrogen) atoms. The van der Waals surface area contributed by atoms with E-state index < -0.39 is 0 Å². The first-order valence-electron chi connectivity index (χ1n) is 5.67. The van der Waals surface area contributed by atoms with Crippen LogP contribution in [0.5, 0.6) is 0 Å². The number of carbonyl (C=O) groups excluding carboxylic acids is 1. The molecule has 2 aliphatic rings. The largest absolute Gasteiger partial charge is 0.378 e. The van der Waals surface area contributed by atoms with E-state index in [1.165, 1.54) is 0 Å². The van der Waals surface area contributed by atoms with Crippen LogP contribution in [0.2, 0.25) is 0 Å². The number of hydrogen-bond donors (Lipinski definition) is 0. The summed E-state index contributed by atoms with van der Waals surface area (Å²) in [6, 6.07) is 0. The van der Waals surface area contributed by atoms with Crippen LogP contribution in [0.15, 0.2) is 11.8 Å². The Hall–Kier alpha value is -0.830. The van der Waals surface area contributed by atoms with Gasteiger partial charge >= 0.3 is 0 Å². The molecular formula is C12H19NO2. The Morgan fingerprint density at radius 2 is 2.00 bits per heavy atom. The summed E-state index contributed by atoms with van der Waals surface area (Å²) in [5.41, 5.74) is 1.09. The molecule has 1 fully saturated rings. The second kappa shape index (κ2) is 3.97. The summed E-state index contributed by atoms with van der Waals surface area (Å²) in [4.78, 5) is 14.0. The van der Waals surface area contributed by atoms with Crippen molar-refractivity contribution in [1.29, 1.82) is 0 Å². The summed E-state index contributed by atoms with van der Waals surface area (Å²) in [7, 11) is 0. The minimum atomic E-state index is 0.168. The molecule has 0 radical (unpaired) electrons. The van der Waals surface area contributed by atoms with Crippen molar-refractivity contribution in [3.8, 4) is 0 Å². The lowest BCUT2D eigenvalue weighted by atomic mass is 9.81. The van der Waals surface area contributed by atoms with Crippen LogP contribution in [0.3, 0.4) is 0 Å². The fourth-order valence-corrected chi connectivity index (χ4v) is 2.16. The molecule has 0 atom stereocenters. The van der Waals surface area contributed by atoms with E-state index in [1.807, 2.05) is 0 Å². The molecule has 0 amide bonds. The van der Waals surface area contributed by atoms with Crippen molar-refractivity contribution in [1.82, 2.24) is 4.90 Å². The van der Waals surface area contributed by atoms with E-state index in [0.717, 1.165) is 38.4 Å². The molecule has 1 aliphatic heterocycles. The molecule has 1 saturated heterocycles. The average molecular weight is 209 g/mol. The van der Waals surface area contributed by atoms with Gasteiger partial charge in [-0.1, -0.05) is 19.9 Å². The van der Waals surface area contributed by atoms with Crippen LogP contribution in [0.4, 0.5) is 0 Å². The van der Waals surface area contributed by atoms with Gasteiger partial charge in [-0.3, -0.25) is 4.79 Å². The Labute approximate surface area is 91.1 Å². The number of ether oxygens (including phenoxy) is 1. The third-order valence-corrected chi connectivity index (χ3v) is 3.16. The maximum atomic E-state index is 11.8. The van der Waals surface area contributed by atoms with Crippen molar-refractivity contribution in [3.63, 3.8) is 0 Å². The number of nitrogens with zero attached hydrogens (tertiary/aromatic N) is 1. The SMILES string of the molecule is CC1(C)C=C(N2CCOCC2)C(=O)CC1. The highest BCUT2D eigenvalue weighted by Crippen LogP contribution is 2.32. The van der Waals surface area contributed by atoms with E-state index in [9.17, 15) is 4.79 Å². The average Bonchev–Trinajstić information content (AvgIpc) is 2.23. The minimum Gasteiger partial charge on any atom is -0.378 e. The Morgan fingerprint density at radius 3 is 2.67 bits per heavy atom. The van der Waals surface area contributed by atoms with Gasteiger partial charge in [-0.15, -0.1) is 0 Å². The number of hydrogen-bond acceptors (Lipinski definition) is 3. The third-order valence-electron chi connectivity index (χ3n) is 3.16. The Kier molecular flexibility index (Phi) is 2.83. The van der Waals surface area contributed by atoms with Gasteiger partial charge < -0.3 is 9.64 Å². The molecule has 3 heteroatoms. The molecule has 3 nitrogen and oxygen atoms in total. The summed E-state index contributed by atoms with van der Waals surface area (Å²) >= 11 is 0. The highest BCUT2D eigenvalue weighted by atomic mass is 16.5. The van der Waals surface area contributed by atoms with E-state index in [1.54, 1.807) is 0 Å². The zero-order valence-corrected chi connectivity index (χ0v) is 9.58. The molecule has 0 aromatic heterocycles. The van der Waals surface area contributed by atoms with Gasteiger partial charge in [-0.05, 0) is 11.8 Å². The predicted octanol–water partition coefficient (Wildman–Crippen LogP) is 1.59. The van der Waals surface area contributed by atoms with Crippen LogP contribution in [0, 0.1) is 5.41 Å². The molecule has 0 aromatic rings. The zero-order valence-electron chi connectivity index (χ0n) is 9.58. The summed E-state index contributed by atoms with van der Waals surface area (Å²) in [5, 5.41) is 0. The van der Waals surface area contributed by atoms with E-state index in [-0.39, 0.29) is 5.41 Å². The molecule has 0 spiro atoms. The van der Waals surface area contributed by atoms with Gasteiger partial charge in [-0.25, -0.2) is 0 Å². The molecule has 0 bridgehead atoms. The normalized spacial score (nSPS) is 26.4. The monoisotopic (exact) mass is 209 g/mol. The second-order valence-corrected chi connectivity index (χ2v) is 5.04. The van der Waals surface area contributed by atoms with E-state index in [4.69, 9.17) is 4.74 Å². The van der Waals surface area contributed by atoms with E-state index in [0.29, 0.717) is 12.2 Å². The fraction of sp³-hybridized carbons (Fsp3) is 0.750. The highest BCUT2D eigenvalue weighted by molar-refractivity contribution is 5.95. The maximum absolute atomic E-state index is 11.8. The minimum absolute atomic E-state index is 0.168. The zero-order chi connectivity index (χ0) is 10.9. The highest BCUT2D eigenvalue weighted by Gasteiger charge is 2.29. The standard InChI is InChI=1S/C12H19NO2/c1-12(2)4-3-11(14)10(9-12)13-5-7-15-8-6-13/h9H,3-8H2,1-2H3. The van der Waals surface area contributed by atoms with Gasteiger partial charge in [0.25, 0.3) is 0 Å². The predicted molar refractivity (Wildman–Crippen MR) is 58.5 cm³/mol. The maximum Gasteiger partial charge on any atom is 0.178 e. The number of allylic oxidation sites excluding steroid dienone is 2. The summed E-state index contributed by atoms with van der Waals surface area (Å²) < 4.78 is 5.30. The van der Waals surface area contributed by atoms with Crippen LogP contribution in [0.25, 0.3) is 0 Å². The Balaban J connectivity index is 2.17. The van der Waals surface area contributed by atoms with Gasteiger partial charge in [0.15, 0.2) is 5.78 Å². The first-order chi connectivity index (χ1) is 7.08. The number of carbonyl (C=O) groups is 1. The smallest absolute Gasteiger partial charge is 0.178 e. The van der Waals surface area contributed by atoms with E-state index in [2.05, 4.69) is 24.8 Å². The van der Waals surface area contributed by atoms with Gasteiger partial charge in [0.1, 0.15) is 0 Å². The summed E-state index contributed by atoms with van der Waals surface area (Å²) in [6.07, 6.45) is 3.81.